The standard InChI is InChI=1S/C20H31NO2/c1-12-9-13-10-14(22)3-4-15(13)16-5-7-19(2)17(18(12)16)6-8-20(19,23)11-21/h10,12,15-18,23H,3-9,11,21H2,1-2H3/t12-,15?,16?,17?,18?,19+,20-/m1/s1. The fourth-order valence-electron chi connectivity index (χ4n) is 7.04. The van der Waals surface area contributed by atoms with E-state index in [4.69, 9.17) is 5.73 Å². The lowest BCUT2D eigenvalue weighted by atomic mass is 9.48. The highest BCUT2D eigenvalue weighted by molar-refractivity contribution is 5.91. The molecule has 3 fully saturated rings. The zero-order valence-corrected chi connectivity index (χ0v) is 14.6. The predicted molar refractivity (Wildman–Crippen MR) is 90.6 cm³/mol. The van der Waals surface area contributed by atoms with E-state index in [1.807, 2.05) is 6.08 Å². The maximum absolute atomic E-state index is 11.8. The summed E-state index contributed by atoms with van der Waals surface area (Å²) < 4.78 is 0. The molecule has 4 rings (SSSR count). The van der Waals surface area contributed by atoms with Gasteiger partial charge >= 0.3 is 0 Å². The van der Waals surface area contributed by atoms with Gasteiger partial charge in [0, 0.05) is 18.4 Å². The van der Waals surface area contributed by atoms with Crippen molar-refractivity contribution in [1.29, 1.82) is 0 Å². The van der Waals surface area contributed by atoms with Gasteiger partial charge in [0.25, 0.3) is 0 Å². The average molecular weight is 317 g/mol. The molecule has 4 aliphatic carbocycles. The molecule has 7 atom stereocenters. The first-order chi connectivity index (χ1) is 10.9. The third kappa shape index (κ3) is 2.05. The van der Waals surface area contributed by atoms with Gasteiger partial charge in [-0.3, -0.25) is 4.79 Å². The molecule has 23 heavy (non-hydrogen) atoms. The Kier molecular flexibility index (Phi) is 3.55. The smallest absolute Gasteiger partial charge is 0.155 e. The van der Waals surface area contributed by atoms with Crippen molar-refractivity contribution in [2.24, 2.45) is 40.7 Å². The molecular formula is C20H31NO2. The lowest BCUT2D eigenvalue weighted by molar-refractivity contribution is -0.124. The van der Waals surface area contributed by atoms with E-state index in [0.29, 0.717) is 36.0 Å². The van der Waals surface area contributed by atoms with Gasteiger partial charge in [-0.1, -0.05) is 19.4 Å². The van der Waals surface area contributed by atoms with Crippen LogP contribution in [0.15, 0.2) is 11.6 Å². The summed E-state index contributed by atoms with van der Waals surface area (Å²) in [5.41, 5.74) is 6.75. The van der Waals surface area contributed by atoms with E-state index in [0.717, 1.165) is 44.4 Å². The van der Waals surface area contributed by atoms with Crippen LogP contribution in [0.25, 0.3) is 0 Å². The molecule has 128 valence electrons. The molecule has 4 unspecified atom stereocenters. The number of carbonyl (C=O) groups excluding carboxylic acids is 1. The van der Waals surface area contributed by atoms with Gasteiger partial charge in [-0.2, -0.15) is 0 Å². The van der Waals surface area contributed by atoms with Crippen LogP contribution < -0.4 is 5.73 Å². The SMILES string of the molecule is C[C@@H]1CC2=CC(=O)CCC2C2CC[C@@]3(C)C(CC[C@@]3(O)CN)C21. The zero-order chi connectivity index (χ0) is 16.4. The first-order valence-electron chi connectivity index (χ1n) is 9.55. The van der Waals surface area contributed by atoms with Gasteiger partial charge in [0.15, 0.2) is 5.78 Å². The molecule has 4 aliphatic rings. The van der Waals surface area contributed by atoms with Gasteiger partial charge in [-0.05, 0) is 74.2 Å². The first-order valence-corrected chi connectivity index (χ1v) is 9.55. The second-order valence-electron chi connectivity index (χ2n) is 9.09. The highest BCUT2D eigenvalue weighted by Gasteiger charge is 2.62. The minimum Gasteiger partial charge on any atom is -0.388 e. The molecule has 0 bridgehead atoms. The van der Waals surface area contributed by atoms with Crippen LogP contribution >= 0.6 is 0 Å². The van der Waals surface area contributed by atoms with Gasteiger partial charge in [-0.15, -0.1) is 0 Å². The fourth-order valence-corrected chi connectivity index (χ4v) is 7.04. The monoisotopic (exact) mass is 317 g/mol. The molecule has 0 aromatic heterocycles. The summed E-state index contributed by atoms with van der Waals surface area (Å²) >= 11 is 0. The topological polar surface area (TPSA) is 63.3 Å². The second-order valence-corrected chi connectivity index (χ2v) is 9.09. The summed E-state index contributed by atoms with van der Waals surface area (Å²) in [6, 6.07) is 0. The predicted octanol–water partition coefficient (Wildman–Crippen LogP) is 3.06. The fraction of sp³-hybridized carbons (Fsp3) is 0.850. The molecule has 3 heteroatoms. The highest BCUT2D eigenvalue weighted by Crippen LogP contribution is 2.65. The largest absolute Gasteiger partial charge is 0.388 e. The number of rotatable bonds is 1. The van der Waals surface area contributed by atoms with Crippen molar-refractivity contribution in [2.45, 2.75) is 64.4 Å². The minimum atomic E-state index is -0.666. The minimum absolute atomic E-state index is 0.0110. The summed E-state index contributed by atoms with van der Waals surface area (Å²) in [6.45, 7) is 5.07. The lowest BCUT2D eigenvalue weighted by Crippen LogP contribution is -2.56. The maximum atomic E-state index is 11.8. The van der Waals surface area contributed by atoms with Crippen LogP contribution in [0.1, 0.15) is 58.8 Å². The van der Waals surface area contributed by atoms with Crippen LogP contribution in [0.2, 0.25) is 0 Å². The summed E-state index contributed by atoms with van der Waals surface area (Å²) in [5.74, 6) is 3.61. The van der Waals surface area contributed by atoms with Crippen LogP contribution in [0.4, 0.5) is 0 Å². The molecule has 0 amide bonds. The second kappa shape index (κ2) is 5.16. The van der Waals surface area contributed by atoms with Crippen LogP contribution in [-0.2, 0) is 4.79 Å². The van der Waals surface area contributed by atoms with Crippen molar-refractivity contribution < 1.29 is 9.90 Å². The summed E-state index contributed by atoms with van der Waals surface area (Å²) in [7, 11) is 0. The molecule has 0 aromatic rings. The Morgan fingerprint density at radius 1 is 1.30 bits per heavy atom. The van der Waals surface area contributed by atoms with E-state index >= 15 is 0 Å². The zero-order valence-electron chi connectivity index (χ0n) is 14.6. The third-order valence-electron chi connectivity index (χ3n) is 8.30. The summed E-state index contributed by atoms with van der Waals surface area (Å²) in [6.07, 6.45) is 9.14. The number of hydrogen-bond acceptors (Lipinski definition) is 3. The highest BCUT2D eigenvalue weighted by atomic mass is 16.3. The number of hydrogen-bond donors (Lipinski definition) is 2. The van der Waals surface area contributed by atoms with Crippen LogP contribution in [-0.4, -0.2) is 23.0 Å². The van der Waals surface area contributed by atoms with E-state index in [-0.39, 0.29) is 5.41 Å². The van der Waals surface area contributed by atoms with E-state index in [9.17, 15) is 9.90 Å². The molecule has 0 heterocycles. The molecule has 0 saturated heterocycles. The molecule has 0 aliphatic heterocycles. The van der Waals surface area contributed by atoms with E-state index in [2.05, 4.69) is 13.8 Å². The molecule has 0 spiro atoms. The van der Waals surface area contributed by atoms with E-state index in [1.165, 1.54) is 12.0 Å². The third-order valence-corrected chi connectivity index (χ3v) is 8.30. The van der Waals surface area contributed by atoms with Gasteiger partial charge in [0.05, 0.1) is 5.60 Å². The van der Waals surface area contributed by atoms with Crippen LogP contribution in [0.5, 0.6) is 0 Å². The van der Waals surface area contributed by atoms with Crippen molar-refractivity contribution >= 4 is 5.78 Å². The van der Waals surface area contributed by atoms with Crippen molar-refractivity contribution in [1.82, 2.24) is 0 Å². The van der Waals surface area contributed by atoms with E-state index in [1.54, 1.807) is 0 Å². The van der Waals surface area contributed by atoms with Crippen molar-refractivity contribution in [3.63, 3.8) is 0 Å². The van der Waals surface area contributed by atoms with Gasteiger partial charge in [0.2, 0.25) is 0 Å². The number of allylic oxidation sites excluding steroid dienone is 1. The summed E-state index contributed by atoms with van der Waals surface area (Å²) in [4.78, 5) is 11.8. The number of aliphatic hydroxyl groups is 1. The number of fused-ring (bicyclic) bond motifs is 5. The number of nitrogens with two attached hydrogens (primary N) is 1. The van der Waals surface area contributed by atoms with Gasteiger partial charge < -0.3 is 10.8 Å². The molecule has 0 radical (unpaired) electrons. The average Bonchev–Trinajstić information content (AvgIpc) is 2.79. The Bertz CT molecular complexity index is 556. The van der Waals surface area contributed by atoms with Crippen molar-refractivity contribution in [3.05, 3.63) is 11.6 Å². The Morgan fingerprint density at radius 2 is 2.09 bits per heavy atom. The number of carbonyl (C=O) groups is 1. The molecule has 3 nitrogen and oxygen atoms in total. The van der Waals surface area contributed by atoms with Crippen molar-refractivity contribution in [3.8, 4) is 0 Å². The lowest BCUT2D eigenvalue weighted by Gasteiger charge is -2.57. The van der Waals surface area contributed by atoms with Gasteiger partial charge in [-0.25, -0.2) is 0 Å². The molecular weight excluding hydrogens is 286 g/mol. The van der Waals surface area contributed by atoms with Crippen LogP contribution in [0.3, 0.4) is 0 Å². The Labute approximate surface area is 139 Å². The maximum Gasteiger partial charge on any atom is 0.155 e. The van der Waals surface area contributed by atoms with E-state index < -0.39 is 5.60 Å². The Balaban J connectivity index is 1.68. The Hall–Kier alpha value is -0.670. The Morgan fingerprint density at radius 3 is 2.83 bits per heavy atom. The number of ketones is 1. The van der Waals surface area contributed by atoms with Crippen LogP contribution in [0, 0.1) is 35.0 Å². The molecule has 0 aromatic carbocycles. The van der Waals surface area contributed by atoms with Gasteiger partial charge in [0.1, 0.15) is 0 Å². The van der Waals surface area contributed by atoms with Crippen molar-refractivity contribution in [2.75, 3.05) is 6.54 Å². The first kappa shape index (κ1) is 15.8. The molecule has 3 saturated carbocycles. The molecule has 3 N–H and O–H groups in total. The summed E-state index contributed by atoms with van der Waals surface area (Å²) in [5, 5.41) is 11.1. The quantitative estimate of drug-likeness (QED) is 0.781. The normalized spacial score (nSPS) is 52.4.